The fraction of sp³-hybridized carbons (Fsp3) is 0.846. The highest BCUT2D eigenvalue weighted by atomic mass is 16.5. The van der Waals surface area contributed by atoms with E-state index in [1.807, 2.05) is 13.8 Å². The summed E-state index contributed by atoms with van der Waals surface area (Å²) in [6.07, 6.45) is 4.20. The molecule has 18 heavy (non-hydrogen) atoms. The van der Waals surface area contributed by atoms with Gasteiger partial charge in [0.25, 0.3) is 0 Å². The van der Waals surface area contributed by atoms with Gasteiger partial charge in [0, 0.05) is 6.61 Å². The fourth-order valence-corrected chi connectivity index (χ4v) is 2.54. The van der Waals surface area contributed by atoms with Crippen molar-refractivity contribution in [2.45, 2.75) is 58.1 Å². The number of hydrogen-bond donors (Lipinski definition) is 1. The topological polar surface area (TPSA) is 74.2 Å². The predicted octanol–water partition coefficient (Wildman–Crippen LogP) is 2.53. The molecule has 0 aromatic carbocycles. The molecule has 5 nitrogen and oxygen atoms in total. The van der Waals surface area contributed by atoms with Crippen molar-refractivity contribution in [3.8, 4) is 0 Å². The molecule has 1 aliphatic rings. The van der Waals surface area contributed by atoms with Gasteiger partial charge in [-0.1, -0.05) is 12.1 Å². The summed E-state index contributed by atoms with van der Waals surface area (Å²) in [6.45, 7) is 6.79. The second-order valence-electron chi connectivity index (χ2n) is 5.35. The molecular weight excluding hydrogens is 230 g/mol. The Hall–Kier alpha value is -0.940. The average molecular weight is 253 g/mol. The summed E-state index contributed by atoms with van der Waals surface area (Å²) in [5.74, 6) is 1.91. The van der Waals surface area contributed by atoms with E-state index in [0.29, 0.717) is 18.3 Å². The number of nitrogens with two attached hydrogens (primary N) is 1. The van der Waals surface area contributed by atoms with Crippen molar-refractivity contribution in [3.05, 3.63) is 11.7 Å². The maximum atomic E-state index is 5.97. The molecule has 0 aliphatic heterocycles. The van der Waals surface area contributed by atoms with E-state index in [0.717, 1.165) is 31.6 Å². The molecule has 0 spiro atoms. The predicted molar refractivity (Wildman–Crippen MR) is 67.8 cm³/mol. The quantitative estimate of drug-likeness (QED) is 0.892. The van der Waals surface area contributed by atoms with Crippen LogP contribution >= 0.6 is 0 Å². The van der Waals surface area contributed by atoms with Crippen LogP contribution in [-0.4, -0.2) is 16.7 Å². The first kappa shape index (κ1) is 13.5. The molecule has 1 fully saturated rings. The van der Waals surface area contributed by atoms with Crippen molar-refractivity contribution in [1.29, 1.82) is 0 Å². The molecule has 1 saturated carbocycles. The number of hydrogen-bond acceptors (Lipinski definition) is 5. The van der Waals surface area contributed by atoms with Crippen molar-refractivity contribution < 1.29 is 9.26 Å². The molecule has 1 heterocycles. The maximum absolute atomic E-state index is 5.97. The summed E-state index contributed by atoms with van der Waals surface area (Å²) in [7, 11) is 0. The number of rotatable bonds is 4. The summed E-state index contributed by atoms with van der Waals surface area (Å²) >= 11 is 0. The largest absolute Gasteiger partial charge is 0.367 e. The van der Waals surface area contributed by atoms with E-state index in [1.165, 1.54) is 0 Å². The zero-order valence-electron chi connectivity index (χ0n) is 11.5. The van der Waals surface area contributed by atoms with Crippen LogP contribution in [0.25, 0.3) is 0 Å². The summed E-state index contributed by atoms with van der Waals surface area (Å²) in [6, 6.07) is -0.229. The van der Waals surface area contributed by atoms with Gasteiger partial charge in [-0.3, -0.25) is 0 Å². The van der Waals surface area contributed by atoms with Gasteiger partial charge < -0.3 is 15.0 Å². The standard InChI is InChI=1S/C13H23N3O2/c1-4-17-13(7-5-9(2)6-8-13)12-15-11(10(3)14)18-16-12/h9-10H,4-8,14H2,1-3H3/t9?,10-,13?/m1/s1. The van der Waals surface area contributed by atoms with Crippen LogP contribution in [0.1, 0.15) is 64.2 Å². The van der Waals surface area contributed by atoms with Gasteiger partial charge in [0.05, 0.1) is 6.04 Å². The van der Waals surface area contributed by atoms with Crippen LogP contribution in [0.5, 0.6) is 0 Å². The molecule has 1 aromatic rings. The van der Waals surface area contributed by atoms with Gasteiger partial charge >= 0.3 is 0 Å². The van der Waals surface area contributed by atoms with Crippen molar-refractivity contribution in [2.24, 2.45) is 11.7 Å². The monoisotopic (exact) mass is 253 g/mol. The molecular formula is C13H23N3O2. The van der Waals surface area contributed by atoms with Crippen LogP contribution < -0.4 is 5.73 Å². The number of ether oxygens (including phenoxy) is 1. The highest BCUT2D eigenvalue weighted by Crippen LogP contribution is 2.41. The van der Waals surface area contributed by atoms with Gasteiger partial charge in [0.15, 0.2) is 0 Å². The summed E-state index contributed by atoms with van der Waals surface area (Å²) in [4.78, 5) is 4.42. The van der Waals surface area contributed by atoms with Gasteiger partial charge in [0.2, 0.25) is 11.7 Å². The molecule has 0 saturated heterocycles. The summed E-state index contributed by atoms with van der Waals surface area (Å²) < 4.78 is 11.2. The fourth-order valence-electron chi connectivity index (χ4n) is 2.54. The molecule has 1 aliphatic carbocycles. The average Bonchev–Trinajstić information content (AvgIpc) is 2.83. The third kappa shape index (κ3) is 2.57. The highest BCUT2D eigenvalue weighted by Gasteiger charge is 2.40. The lowest BCUT2D eigenvalue weighted by molar-refractivity contribution is -0.0847. The minimum atomic E-state index is -0.363. The molecule has 1 aromatic heterocycles. The van der Waals surface area contributed by atoms with E-state index in [4.69, 9.17) is 15.0 Å². The summed E-state index contributed by atoms with van der Waals surface area (Å²) in [5.41, 5.74) is 5.40. The third-order valence-electron chi connectivity index (χ3n) is 3.74. The van der Waals surface area contributed by atoms with Gasteiger partial charge in [0.1, 0.15) is 5.60 Å². The molecule has 1 atom stereocenters. The van der Waals surface area contributed by atoms with E-state index in [2.05, 4.69) is 17.1 Å². The molecule has 0 amide bonds. The van der Waals surface area contributed by atoms with Crippen LogP contribution in [-0.2, 0) is 10.3 Å². The first-order valence-corrected chi connectivity index (χ1v) is 6.81. The lowest BCUT2D eigenvalue weighted by atomic mass is 9.79. The van der Waals surface area contributed by atoms with Gasteiger partial charge in [-0.2, -0.15) is 4.98 Å². The Bertz CT molecular complexity index is 381. The minimum Gasteiger partial charge on any atom is -0.367 e. The highest BCUT2D eigenvalue weighted by molar-refractivity contribution is 5.05. The molecule has 102 valence electrons. The van der Waals surface area contributed by atoms with Gasteiger partial charge in [-0.05, 0) is 45.4 Å². The first-order chi connectivity index (χ1) is 8.57. The Kier molecular flexibility index (Phi) is 4.02. The second-order valence-corrected chi connectivity index (χ2v) is 5.35. The van der Waals surface area contributed by atoms with Crippen LogP contribution in [0, 0.1) is 5.92 Å². The number of aromatic nitrogens is 2. The van der Waals surface area contributed by atoms with Crippen LogP contribution in [0.4, 0.5) is 0 Å². The molecule has 5 heteroatoms. The lowest BCUT2D eigenvalue weighted by Gasteiger charge is -2.36. The maximum Gasteiger partial charge on any atom is 0.243 e. The Labute approximate surface area is 108 Å². The molecule has 0 unspecified atom stereocenters. The van der Waals surface area contributed by atoms with E-state index in [-0.39, 0.29) is 11.6 Å². The van der Waals surface area contributed by atoms with Crippen LogP contribution in [0.3, 0.4) is 0 Å². The Morgan fingerprint density at radius 1 is 1.50 bits per heavy atom. The van der Waals surface area contributed by atoms with E-state index < -0.39 is 0 Å². The zero-order chi connectivity index (χ0) is 13.2. The second kappa shape index (κ2) is 5.36. The smallest absolute Gasteiger partial charge is 0.243 e. The molecule has 0 bridgehead atoms. The Morgan fingerprint density at radius 3 is 2.67 bits per heavy atom. The van der Waals surface area contributed by atoms with E-state index >= 15 is 0 Å². The first-order valence-electron chi connectivity index (χ1n) is 6.81. The van der Waals surface area contributed by atoms with Crippen molar-refractivity contribution in [3.63, 3.8) is 0 Å². The molecule has 0 radical (unpaired) electrons. The minimum absolute atomic E-state index is 0.229. The van der Waals surface area contributed by atoms with E-state index in [1.54, 1.807) is 0 Å². The van der Waals surface area contributed by atoms with Crippen LogP contribution in [0.15, 0.2) is 4.52 Å². The SMILES string of the molecule is CCOC1(c2noc([C@@H](C)N)n2)CCC(C)CC1. The van der Waals surface area contributed by atoms with E-state index in [9.17, 15) is 0 Å². The molecule has 2 rings (SSSR count). The Morgan fingerprint density at radius 2 is 2.17 bits per heavy atom. The van der Waals surface area contributed by atoms with Gasteiger partial charge in [-0.25, -0.2) is 0 Å². The van der Waals surface area contributed by atoms with Crippen molar-refractivity contribution >= 4 is 0 Å². The Balaban J connectivity index is 2.23. The van der Waals surface area contributed by atoms with Crippen molar-refractivity contribution in [1.82, 2.24) is 10.1 Å². The lowest BCUT2D eigenvalue weighted by Crippen LogP contribution is -2.35. The third-order valence-corrected chi connectivity index (χ3v) is 3.74. The zero-order valence-corrected chi connectivity index (χ0v) is 11.5. The number of nitrogens with zero attached hydrogens (tertiary/aromatic N) is 2. The molecule has 2 N–H and O–H groups in total. The summed E-state index contributed by atoms with van der Waals surface area (Å²) in [5, 5.41) is 4.09. The van der Waals surface area contributed by atoms with Crippen LogP contribution in [0.2, 0.25) is 0 Å². The van der Waals surface area contributed by atoms with Crippen molar-refractivity contribution in [2.75, 3.05) is 6.61 Å². The van der Waals surface area contributed by atoms with Gasteiger partial charge in [-0.15, -0.1) is 0 Å². The normalized spacial score (nSPS) is 30.3.